The fourth-order valence-corrected chi connectivity index (χ4v) is 2.41. The highest BCUT2D eigenvalue weighted by Crippen LogP contribution is 2.25. The Morgan fingerprint density at radius 1 is 1.39 bits per heavy atom. The highest BCUT2D eigenvalue weighted by Gasteiger charge is 2.30. The number of aryl methyl sites for hydroxylation is 1. The Morgan fingerprint density at radius 2 is 2.17 bits per heavy atom. The molecular weight excluding hydrogens is 230 g/mol. The maximum atomic E-state index is 5.56. The minimum absolute atomic E-state index is 0.126. The first kappa shape index (κ1) is 13.5. The van der Waals surface area contributed by atoms with Crippen LogP contribution in [0.2, 0.25) is 0 Å². The van der Waals surface area contributed by atoms with Crippen LogP contribution < -0.4 is 0 Å². The lowest BCUT2D eigenvalue weighted by molar-refractivity contribution is -0.0269. The van der Waals surface area contributed by atoms with E-state index in [0.717, 1.165) is 25.6 Å². The molecule has 0 unspecified atom stereocenters. The van der Waals surface area contributed by atoms with Gasteiger partial charge in [0.1, 0.15) is 6.04 Å². The maximum Gasteiger partial charge on any atom is 0.246 e. The van der Waals surface area contributed by atoms with Gasteiger partial charge in [-0.15, -0.1) is 0 Å². The smallest absolute Gasteiger partial charge is 0.246 e. The van der Waals surface area contributed by atoms with Gasteiger partial charge in [0.25, 0.3) is 0 Å². The predicted octanol–water partition coefficient (Wildman–Crippen LogP) is 2.19. The van der Waals surface area contributed by atoms with Crippen molar-refractivity contribution in [1.82, 2.24) is 15.0 Å². The molecule has 1 atom stereocenters. The molecule has 1 aromatic heterocycles. The molecule has 1 aliphatic heterocycles. The minimum Gasteiger partial charge on any atom is -0.378 e. The van der Waals surface area contributed by atoms with Crippen molar-refractivity contribution in [3.05, 3.63) is 11.7 Å². The molecule has 1 aliphatic rings. The van der Waals surface area contributed by atoms with E-state index in [1.165, 1.54) is 12.8 Å². The summed E-state index contributed by atoms with van der Waals surface area (Å²) in [7, 11) is 0. The van der Waals surface area contributed by atoms with E-state index in [-0.39, 0.29) is 6.04 Å². The number of aromatic nitrogens is 2. The Hall–Kier alpha value is -0.940. The zero-order chi connectivity index (χ0) is 13.0. The second kappa shape index (κ2) is 6.29. The van der Waals surface area contributed by atoms with Crippen LogP contribution in [0.15, 0.2) is 4.52 Å². The first-order valence-electron chi connectivity index (χ1n) is 6.86. The van der Waals surface area contributed by atoms with Crippen molar-refractivity contribution in [2.24, 2.45) is 5.92 Å². The van der Waals surface area contributed by atoms with Gasteiger partial charge in [0.05, 0.1) is 13.2 Å². The summed E-state index contributed by atoms with van der Waals surface area (Å²) in [4.78, 5) is 6.77. The molecule has 5 heteroatoms. The van der Waals surface area contributed by atoms with E-state index >= 15 is 0 Å². The average molecular weight is 253 g/mol. The van der Waals surface area contributed by atoms with Gasteiger partial charge in [-0.2, -0.15) is 4.98 Å². The van der Waals surface area contributed by atoms with Crippen molar-refractivity contribution in [3.63, 3.8) is 0 Å². The molecule has 1 fully saturated rings. The standard InChI is InChI=1S/C13H23N3O2/c1-4-11(5-2)8-16-6-7-17-9-12(16)13-14-10(3)15-18-13/h11-12H,4-9H2,1-3H3/t12-/m1/s1. The molecule has 1 aromatic rings. The Labute approximate surface area is 108 Å². The molecular formula is C13H23N3O2. The van der Waals surface area contributed by atoms with Gasteiger partial charge in [-0.1, -0.05) is 31.8 Å². The summed E-state index contributed by atoms with van der Waals surface area (Å²) >= 11 is 0. The van der Waals surface area contributed by atoms with E-state index in [2.05, 4.69) is 28.9 Å². The van der Waals surface area contributed by atoms with Gasteiger partial charge in [-0.25, -0.2) is 0 Å². The van der Waals surface area contributed by atoms with Crippen molar-refractivity contribution >= 4 is 0 Å². The number of morpholine rings is 1. The molecule has 0 bridgehead atoms. The highest BCUT2D eigenvalue weighted by atomic mass is 16.5. The summed E-state index contributed by atoms with van der Waals surface area (Å²) in [6.45, 7) is 9.83. The quantitative estimate of drug-likeness (QED) is 0.805. The van der Waals surface area contributed by atoms with Crippen LogP contribution in [0.5, 0.6) is 0 Å². The van der Waals surface area contributed by atoms with Crippen LogP contribution in [0.1, 0.15) is 44.4 Å². The van der Waals surface area contributed by atoms with E-state index in [4.69, 9.17) is 9.26 Å². The topological polar surface area (TPSA) is 51.4 Å². The Bertz CT molecular complexity index is 363. The van der Waals surface area contributed by atoms with Gasteiger partial charge >= 0.3 is 0 Å². The third-order valence-electron chi connectivity index (χ3n) is 3.72. The van der Waals surface area contributed by atoms with Gasteiger partial charge < -0.3 is 9.26 Å². The van der Waals surface area contributed by atoms with Gasteiger partial charge in [-0.05, 0) is 12.8 Å². The van der Waals surface area contributed by atoms with Crippen LogP contribution in [-0.2, 0) is 4.74 Å². The van der Waals surface area contributed by atoms with E-state index < -0.39 is 0 Å². The van der Waals surface area contributed by atoms with Gasteiger partial charge in [0.2, 0.25) is 5.89 Å². The fraction of sp³-hybridized carbons (Fsp3) is 0.846. The summed E-state index contributed by atoms with van der Waals surface area (Å²) in [6.07, 6.45) is 2.42. The SMILES string of the molecule is CCC(CC)CN1CCOC[C@@H]1c1nc(C)no1. The van der Waals surface area contributed by atoms with Crippen LogP contribution in [0.25, 0.3) is 0 Å². The van der Waals surface area contributed by atoms with Crippen LogP contribution in [-0.4, -0.2) is 41.3 Å². The van der Waals surface area contributed by atoms with Crippen molar-refractivity contribution in [1.29, 1.82) is 0 Å². The number of hydrogen-bond acceptors (Lipinski definition) is 5. The molecule has 0 saturated carbocycles. The molecule has 5 nitrogen and oxygen atoms in total. The lowest BCUT2D eigenvalue weighted by Gasteiger charge is -2.35. The molecule has 0 aliphatic carbocycles. The Balaban J connectivity index is 2.06. The lowest BCUT2D eigenvalue weighted by atomic mass is 10.0. The third-order valence-corrected chi connectivity index (χ3v) is 3.72. The third kappa shape index (κ3) is 3.09. The number of hydrogen-bond donors (Lipinski definition) is 0. The summed E-state index contributed by atoms with van der Waals surface area (Å²) < 4.78 is 10.9. The van der Waals surface area contributed by atoms with Crippen LogP contribution in [0, 0.1) is 12.8 Å². The second-order valence-electron chi connectivity index (χ2n) is 4.95. The van der Waals surface area contributed by atoms with Crippen LogP contribution in [0.3, 0.4) is 0 Å². The normalized spacial score (nSPS) is 21.7. The fourth-order valence-electron chi connectivity index (χ4n) is 2.41. The zero-order valence-electron chi connectivity index (χ0n) is 11.6. The van der Waals surface area contributed by atoms with Crippen LogP contribution in [0.4, 0.5) is 0 Å². The maximum absolute atomic E-state index is 5.56. The second-order valence-corrected chi connectivity index (χ2v) is 4.95. The zero-order valence-corrected chi connectivity index (χ0v) is 11.6. The molecule has 2 rings (SSSR count). The first-order chi connectivity index (χ1) is 8.74. The van der Waals surface area contributed by atoms with Crippen molar-refractivity contribution in [2.75, 3.05) is 26.3 Å². The Morgan fingerprint density at radius 3 is 2.78 bits per heavy atom. The van der Waals surface area contributed by atoms with Crippen molar-refractivity contribution < 1.29 is 9.26 Å². The summed E-state index contributed by atoms with van der Waals surface area (Å²) in [6, 6.07) is 0.126. The van der Waals surface area contributed by atoms with Crippen molar-refractivity contribution in [3.8, 4) is 0 Å². The number of rotatable bonds is 5. The number of nitrogens with zero attached hydrogens (tertiary/aromatic N) is 3. The lowest BCUT2D eigenvalue weighted by Crippen LogP contribution is -2.42. The molecule has 0 N–H and O–H groups in total. The minimum atomic E-state index is 0.126. The molecule has 0 spiro atoms. The number of ether oxygens (including phenoxy) is 1. The molecule has 0 amide bonds. The summed E-state index contributed by atoms with van der Waals surface area (Å²) in [5, 5.41) is 3.88. The molecule has 0 aromatic carbocycles. The van der Waals surface area contributed by atoms with Crippen molar-refractivity contribution in [2.45, 2.75) is 39.7 Å². The van der Waals surface area contributed by atoms with E-state index in [1.54, 1.807) is 0 Å². The van der Waals surface area contributed by atoms with Gasteiger partial charge in [0, 0.05) is 13.1 Å². The summed E-state index contributed by atoms with van der Waals surface area (Å²) in [5.74, 6) is 2.12. The van der Waals surface area contributed by atoms with E-state index in [0.29, 0.717) is 18.3 Å². The van der Waals surface area contributed by atoms with Crippen LogP contribution >= 0.6 is 0 Å². The molecule has 1 saturated heterocycles. The average Bonchev–Trinajstić information content (AvgIpc) is 2.83. The van der Waals surface area contributed by atoms with Gasteiger partial charge in [0.15, 0.2) is 5.82 Å². The molecule has 102 valence electrons. The molecule has 18 heavy (non-hydrogen) atoms. The van der Waals surface area contributed by atoms with Gasteiger partial charge in [-0.3, -0.25) is 4.90 Å². The monoisotopic (exact) mass is 253 g/mol. The predicted molar refractivity (Wildman–Crippen MR) is 68.2 cm³/mol. The Kier molecular flexibility index (Phi) is 4.72. The molecule has 0 radical (unpaired) electrons. The highest BCUT2D eigenvalue weighted by molar-refractivity contribution is 4.94. The van der Waals surface area contributed by atoms with E-state index in [1.807, 2.05) is 6.92 Å². The van der Waals surface area contributed by atoms with E-state index in [9.17, 15) is 0 Å². The first-order valence-corrected chi connectivity index (χ1v) is 6.86. The molecule has 2 heterocycles. The largest absolute Gasteiger partial charge is 0.378 e. The summed E-state index contributed by atoms with van der Waals surface area (Å²) in [5.41, 5.74) is 0.